The Bertz CT molecular complexity index is 935. The van der Waals surface area contributed by atoms with Gasteiger partial charge in [-0.1, -0.05) is 12.2 Å². The van der Waals surface area contributed by atoms with Gasteiger partial charge in [-0.3, -0.25) is 9.59 Å². The predicted molar refractivity (Wildman–Crippen MR) is 147 cm³/mol. The van der Waals surface area contributed by atoms with Gasteiger partial charge in [-0.2, -0.15) is 12.6 Å². The van der Waals surface area contributed by atoms with Crippen molar-refractivity contribution in [2.24, 2.45) is 5.92 Å². The first-order valence-electron chi connectivity index (χ1n) is 12.5. The average Bonchev–Trinajstić information content (AvgIpc) is 2.78. The van der Waals surface area contributed by atoms with Crippen LogP contribution < -0.4 is 0 Å². The zero-order valence-electron chi connectivity index (χ0n) is 23.1. The minimum atomic E-state index is -0.833. The Kier molecular flexibility index (Phi) is 11.8. The van der Waals surface area contributed by atoms with E-state index in [-0.39, 0.29) is 35.2 Å². The zero-order chi connectivity index (χ0) is 27.8. The summed E-state index contributed by atoms with van der Waals surface area (Å²) in [6.45, 7) is 11.9. The van der Waals surface area contributed by atoms with Crippen molar-refractivity contribution < 1.29 is 29.6 Å². The Labute approximate surface area is 222 Å². The number of thiol groups is 1. The van der Waals surface area contributed by atoms with Gasteiger partial charge in [-0.15, -0.1) is 0 Å². The number of phenolic OH excluding ortho intramolecular Hbond substituents is 2. The molecule has 3 atom stereocenters. The maximum absolute atomic E-state index is 12.2. The molecule has 0 bridgehead atoms. The number of carboxylic acids is 1. The summed E-state index contributed by atoms with van der Waals surface area (Å²) >= 11 is 3.53. The van der Waals surface area contributed by atoms with E-state index in [1.165, 1.54) is 0 Å². The number of hydrogen-bond donors (Lipinski definition) is 4. The number of allylic oxidation sites excluding steroid dienone is 1. The van der Waals surface area contributed by atoms with Gasteiger partial charge < -0.3 is 25.0 Å². The SMILES string of the molecule is CC(=O)O.CS.Cc1c(CCC(=O)OC(C)(C)C)cc(O)c(O)c1C12CCC=CC1C(C)N(C)CC2. The largest absolute Gasteiger partial charge is 0.504 e. The molecule has 1 saturated heterocycles. The van der Waals surface area contributed by atoms with Crippen molar-refractivity contribution in [3.05, 3.63) is 34.9 Å². The van der Waals surface area contributed by atoms with Crippen molar-refractivity contribution >= 4 is 24.6 Å². The number of fused-ring (bicyclic) bond motifs is 1. The highest BCUT2D eigenvalue weighted by Gasteiger charge is 2.49. The fraction of sp³-hybridized carbons (Fsp3) is 0.643. The Balaban J connectivity index is 0.000000982. The molecule has 3 rings (SSSR count). The van der Waals surface area contributed by atoms with E-state index in [0.717, 1.165) is 49.4 Å². The first-order chi connectivity index (χ1) is 16.7. The van der Waals surface area contributed by atoms with Crippen molar-refractivity contribution in [2.75, 3.05) is 19.8 Å². The number of carbonyl (C=O) groups excluding carboxylic acids is 1. The highest BCUT2D eigenvalue weighted by Crippen LogP contribution is 2.54. The van der Waals surface area contributed by atoms with Crippen LogP contribution in [0.5, 0.6) is 11.5 Å². The second kappa shape index (κ2) is 13.4. The van der Waals surface area contributed by atoms with Crippen LogP contribution in [-0.2, 0) is 26.2 Å². The van der Waals surface area contributed by atoms with Crippen molar-refractivity contribution in [2.45, 2.75) is 90.7 Å². The zero-order valence-corrected chi connectivity index (χ0v) is 24.0. The lowest BCUT2D eigenvalue weighted by Crippen LogP contribution is -2.54. The first-order valence-corrected chi connectivity index (χ1v) is 13.4. The summed E-state index contributed by atoms with van der Waals surface area (Å²) in [6.07, 6.45) is 9.83. The minimum Gasteiger partial charge on any atom is -0.504 e. The number of hydrogen-bond acceptors (Lipinski definition) is 7. The lowest BCUT2D eigenvalue weighted by molar-refractivity contribution is -0.154. The second-order valence-corrected chi connectivity index (χ2v) is 10.6. The van der Waals surface area contributed by atoms with Gasteiger partial charge in [-0.25, -0.2) is 0 Å². The molecule has 36 heavy (non-hydrogen) atoms. The van der Waals surface area contributed by atoms with Gasteiger partial charge in [0, 0.05) is 36.3 Å². The Morgan fingerprint density at radius 1 is 1.22 bits per heavy atom. The normalized spacial score (nSPS) is 23.4. The maximum atomic E-state index is 12.2. The number of esters is 1. The fourth-order valence-corrected chi connectivity index (χ4v) is 5.43. The van der Waals surface area contributed by atoms with Crippen LogP contribution in [0.25, 0.3) is 0 Å². The lowest BCUT2D eigenvalue weighted by Gasteiger charge is -2.52. The number of ether oxygens (including phenoxy) is 1. The predicted octanol–water partition coefficient (Wildman–Crippen LogP) is 5.25. The van der Waals surface area contributed by atoms with E-state index in [0.29, 0.717) is 12.5 Å². The molecular weight excluding hydrogens is 478 g/mol. The van der Waals surface area contributed by atoms with Gasteiger partial charge in [0.25, 0.3) is 5.97 Å². The number of carboxylic acid groups (broad SMARTS) is 1. The number of rotatable bonds is 4. The highest BCUT2D eigenvalue weighted by molar-refractivity contribution is 7.79. The van der Waals surface area contributed by atoms with Crippen LogP contribution in [0.1, 0.15) is 77.0 Å². The molecule has 1 aromatic rings. The van der Waals surface area contributed by atoms with Crippen LogP contribution >= 0.6 is 12.6 Å². The summed E-state index contributed by atoms with van der Waals surface area (Å²) in [5.74, 6) is -0.898. The molecule has 1 aliphatic heterocycles. The van der Waals surface area contributed by atoms with E-state index in [1.807, 2.05) is 27.7 Å². The molecule has 0 spiro atoms. The molecule has 1 aliphatic carbocycles. The fourth-order valence-electron chi connectivity index (χ4n) is 5.43. The molecule has 3 unspecified atom stereocenters. The van der Waals surface area contributed by atoms with Crippen molar-refractivity contribution in [1.29, 1.82) is 0 Å². The van der Waals surface area contributed by atoms with Crippen LogP contribution in [-0.4, -0.2) is 63.6 Å². The number of piperidine rings is 1. The first kappa shape index (κ1) is 31.8. The van der Waals surface area contributed by atoms with E-state index < -0.39 is 11.6 Å². The molecule has 1 aromatic carbocycles. The second-order valence-electron chi connectivity index (χ2n) is 10.6. The van der Waals surface area contributed by atoms with E-state index >= 15 is 0 Å². The summed E-state index contributed by atoms with van der Waals surface area (Å²) in [4.78, 5) is 23.6. The number of phenols is 2. The summed E-state index contributed by atoms with van der Waals surface area (Å²) in [7, 11) is 2.15. The van der Waals surface area contributed by atoms with E-state index in [4.69, 9.17) is 14.6 Å². The molecule has 7 nitrogen and oxygen atoms in total. The number of nitrogens with zero attached hydrogens (tertiary/aromatic N) is 1. The van der Waals surface area contributed by atoms with Crippen LogP contribution in [0.15, 0.2) is 18.2 Å². The smallest absolute Gasteiger partial charge is 0.306 e. The topological polar surface area (TPSA) is 107 Å². The van der Waals surface area contributed by atoms with Gasteiger partial charge in [0.05, 0.1) is 0 Å². The van der Waals surface area contributed by atoms with E-state index in [2.05, 4.69) is 43.7 Å². The molecule has 0 amide bonds. The van der Waals surface area contributed by atoms with Gasteiger partial charge in [0.1, 0.15) is 5.60 Å². The minimum absolute atomic E-state index is 0.00516. The number of aliphatic carboxylic acids is 1. The van der Waals surface area contributed by atoms with Crippen molar-refractivity contribution in [3.8, 4) is 11.5 Å². The van der Waals surface area contributed by atoms with Crippen molar-refractivity contribution in [1.82, 2.24) is 4.90 Å². The van der Waals surface area contributed by atoms with Crippen molar-refractivity contribution in [3.63, 3.8) is 0 Å². The Morgan fingerprint density at radius 3 is 2.36 bits per heavy atom. The monoisotopic (exact) mass is 523 g/mol. The quantitative estimate of drug-likeness (QED) is 0.185. The third kappa shape index (κ3) is 7.90. The number of benzene rings is 1. The number of aromatic hydroxyl groups is 2. The molecule has 204 valence electrons. The summed E-state index contributed by atoms with van der Waals surface area (Å²) in [5.41, 5.74) is 2.05. The molecule has 3 N–H and O–H groups in total. The Hall–Kier alpha value is -2.19. The van der Waals surface area contributed by atoms with Crippen LogP contribution in [0, 0.1) is 12.8 Å². The van der Waals surface area contributed by atoms with Gasteiger partial charge >= 0.3 is 5.97 Å². The molecule has 0 radical (unpaired) electrons. The van der Waals surface area contributed by atoms with Crippen LogP contribution in [0.4, 0.5) is 0 Å². The standard InChI is InChI=1S/C25H37NO4.C2H4O2.CH4S/c1-16-18(10-11-21(28)30-24(3,4)5)15-20(27)23(29)22(16)25-12-8-7-9-19(25)17(2)26(6)14-13-25;1-2(3)4;1-2/h7,9,15,17,19,27,29H,8,10-14H2,1-6H3;1H3,(H,3,4);2H,1H3. The molecular formula is C28H45NO6S. The number of likely N-dealkylation sites (tertiary alicyclic amines) is 1. The molecule has 0 aromatic heterocycles. The average molecular weight is 524 g/mol. The molecule has 1 heterocycles. The van der Waals surface area contributed by atoms with Crippen LogP contribution in [0.2, 0.25) is 0 Å². The maximum Gasteiger partial charge on any atom is 0.306 e. The summed E-state index contributed by atoms with van der Waals surface area (Å²) < 4.78 is 5.44. The molecule has 0 saturated carbocycles. The number of carbonyl (C=O) groups is 2. The molecule has 1 fully saturated rings. The van der Waals surface area contributed by atoms with Gasteiger partial charge in [0.2, 0.25) is 0 Å². The molecule has 8 heteroatoms. The highest BCUT2D eigenvalue weighted by atomic mass is 32.1. The van der Waals surface area contributed by atoms with Crippen LogP contribution in [0.3, 0.4) is 0 Å². The molecule has 2 aliphatic rings. The third-order valence-electron chi connectivity index (χ3n) is 7.03. The number of aryl methyl sites for hydroxylation is 1. The summed E-state index contributed by atoms with van der Waals surface area (Å²) in [6, 6.07) is 1.96. The van der Waals surface area contributed by atoms with E-state index in [1.54, 1.807) is 12.3 Å². The summed E-state index contributed by atoms with van der Waals surface area (Å²) in [5, 5.41) is 29.0. The van der Waals surface area contributed by atoms with Gasteiger partial charge in [-0.05, 0) is 97.3 Å². The lowest BCUT2D eigenvalue weighted by atomic mass is 9.58. The van der Waals surface area contributed by atoms with E-state index in [9.17, 15) is 15.0 Å². The van der Waals surface area contributed by atoms with Gasteiger partial charge in [0.15, 0.2) is 11.5 Å². The third-order valence-corrected chi connectivity index (χ3v) is 7.03. The Morgan fingerprint density at radius 2 is 1.81 bits per heavy atom.